The van der Waals surface area contributed by atoms with Crippen molar-refractivity contribution in [1.82, 2.24) is 4.72 Å². The number of rotatable bonds is 7. The maximum absolute atomic E-state index is 12.8. The Balaban J connectivity index is 2.51. The van der Waals surface area contributed by atoms with Crippen LogP contribution in [-0.4, -0.2) is 39.6 Å². The van der Waals surface area contributed by atoms with Crippen LogP contribution >= 0.6 is 0 Å². The highest BCUT2D eigenvalue weighted by Gasteiger charge is 2.23. The van der Waals surface area contributed by atoms with E-state index in [1.807, 2.05) is 37.2 Å². The summed E-state index contributed by atoms with van der Waals surface area (Å²) in [6.07, 6.45) is 0.155. The average molecular weight is 350 g/mol. The highest BCUT2D eigenvalue weighted by molar-refractivity contribution is 7.89. The van der Waals surface area contributed by atoms with Gasteiger partial charge in [-0.15, -0.1) is 0 Å². The maximum atomic E-state index is 12.8. The van der Waals surface area contributed by atoms with Crippen LogP contribution in [0.5, 0.6) is 0 Å². The van der Waals surface area contributed by atoms with Crippen LogP contribution in [-0.2, 0) is 14.8 Å². The lowest BCUT2D eigenvalue weighted by Gasteiger charge is -2.19. The molecule has 7 heteroatoms. The highest BCUT2D eigenvalue weighted by Crippen LogP contribution is 2.30. The Hall–Kier alpha value is -2.12. The summed E-state index contributed by atoms with van der Waals surface area (Å²) in [6.45, 7) is 1.75. The Morgan fingerprint density at radius 2 is 1.79 bits per heavy atom. The number of hydrogen-bond donors (Lipinski definition) is 2. The van der Waals surface area contributed by atoms with E-state index in [4.69, 9.17) is 5.11 Å². The number of fused-ring (bicyclic) bond motifs is 1. The third-order valence-corrected chi connectivity index (χ3v) is 5.44. The number of hydrogen-bond acceptors (Lipinski definition) is 4. The topological polar surface area (TPSA) is 86.7 Å². The Labute approximate surface area is 142 Å². The highest BCUT2D eigenvalue weighted by atomic mass is 32.2. The van der Waals surface area contributed by atoms with Crippen LogP contribution in [0.1, 0.15) is 19.8 Å². The molecule has 0 fully saturated rings. The van der Waals surface area contributed by atoms with Crippen molar-refractivity contribution >= 4 is 32.5 Å². The van der Waals surface area contributed by atoms with Crippen molar-refractivity contribution in [3.63, 3.8) is 0 Å². The number of sulfonamides is 1. The smallest absolute Gasteiger partial charge is 0.304 e. The van der Waals surface area contributed by atoms with E-state index in [-0.39, 0.29) is 11.3 Å². The van der Waals surface area contributed by atoms with Gasteiger partial charge in [-0.05, 0) is 18.6 Å². The van der Waals surface area contributed by atoms with E-state index in [0.717, 1.165) is 11.1 Å². The Kier molecular flexibility index (Phi) is 5.46. The van der Waals surface area contributed by atoms with Gasteiger partial charge in [0.2, 0.25) is 10.0 Å². The number of aliphatic carboxylic acids is 1. The molecule has 0 amide bonds. The molecule has 2 aromatic rings. The summed E-state index contributed by atoms with van der Waals surface area (Å²) in [5, 5.41) is 10.4. The van der Waals surface area contributed by atoms with Gasteiger partial charge >= 0.3 is 5.97 Å². The number of carboxylic acids is 1. The molecule has 2 N–H and O–H groups in total. The summed E-state index contributed by atoms with van der Waals surface area (Å²) < 4.78 is 28.0. The van der Waals surface area contributed by atoms with Crippen LogP contribution in [0.25, 0.3) is 10.8 Å². The Morgan fingerprint density at radius 3 is 2.38 bits per heavy atom. The summed E-state index contributed by atoms with van der Waals surface area (Å²) in [5.41, 5.74) is 0.919. The summed E-state index contributed by atoms with van der Waals surface area (Å²) in [5.74, 6) is -1.03. The SMILES string of the molecule is CCC(CC(=O)O)NS(=O)(=O)c1cccc2c(N(C)C)cccc12. The van der Waals surface area contributed by atoms with Gasteiger partial charge in [0.25, 0.3) is 0 Å². The fourth-order valence-electron chi connectivity index (χ4n) is 2.65. The van der Waals surface area contributed by atoms with Gasteiger partial charge in [0.05, 0.1) is 11.3 Å². The van der Waals surface area contributed by atoms with Crippen molar-refractivity contribution in [3.05, 3.63) is 36.4 Å². The van der Waals surface area contributed by atoms with Gasteiger partial charge in [0.15, 0.2) is 0 Å². The van der Waals surface area contributed by atoms with Gasteiger partial charge in [-0.1, -0.05) is 31.2 Å². The molecule has 0 radical (unpaired) electrons. The molecular formula is C17H22N2O4S. The number of carboxylic acid groups (broad SMARTS) is 1. The van der Waals surface area contributed by atoms with E-state index in [1.165, 1.54) is 6.07 Å². The quantitative estimate of drug-likeness (QED) is 0.801. The van der Waals surface area contributed by atoms with E-state index < -0.39 is 22.0 Å². The zero-order valence-corrected chi connectivity index (χ0v) is 14.8. The zero-order chi connectivity index (χ0) is 17.9. The lowest BCUT2D eigenvalue weighted by Crippen LogP contribution is -2.36. The average Bonchev–Trinajstić information content (AvgIpc) is 2.52. The second-order valence-electron chi connectivity index (χ2n) is 5.85. The number of nitrogens with zero attached hydrogens (tertiary/aromatic N) is 1. The summed E-state index contributed by atoms with van der Waals surface area (Å²) in [6, 6.07) is 9.96. The first-order valence-corrected chi connectivity index (χ1v) is 9.17. The molecule has 2 rings (SSSR count). The lowest BCUT2D eigenvalue weighted by atomic mass is 10.1. The summed E-state index contributed by atoms with van der Waals surface area (Å²) in [7, 11) is -0.0241. The molecule has 0 heterocycles. The first-order valence-electron chi connectivity index (χ1n) is 7.69. The predicted octanol–water partition coefficient (Wildman–Crippen LogP) is 2.44. The molecule has 0 aromatic heterocycles. The van der Waals surface area contributed by atoms with Gasteiger partial charge in [0.1, 0.15) is 0 Å². The van der Waals surface area contributed by atoms with Crippen molar-refractivity contribution in [1.29, 1.82) is 0 Å². The molecule has 0 aliphatic rings. The van der Waals surface area contributed by atoms with Crippen molar-refractivity contribution in [2.24, 2.45) is 0 Å². The maximum Gasteiger partial charge on any atom is 0.304 e. The molecule has 0 aliphatic carbocycles. The standard InChI is InChI=1S/C17H22N2O4S/c1-4-12(11-17(20)21)18-24(22,23)16-10-6-7-13-14(16)8-5-9-15(13)19(2)3/h5-10,12,18H,4,11H2,1-3H3,(H,20,21). The second-order valence-corrected chi connectivity index (χ2v) is 7.53. The van der Waals surface area contributed by atoms with E-state index >= 15 is 0 Å². The fourth-order valence-corrected chi connectivity index (χ4v) is 4.19. The summed E-state index contributed by atoms with van der Waals surface area (Å²) >= 11 is 0. The zero-order valence-electron chi connectivity index (χ0n) is 14.0. The van der Waals surface area contributed by atoms with Gasteiger partial charge in [-0.2, -0.15) is 0 Å². The van der Waals surface area contributed by atoms with Crippen LogP contribution in [0, 0.1) is 0 Å². The van der Waals surface area contributed by atoms with Crippen molar-refractivity contribution < 1.29 is 18.3 Å². The molecular weight excluding hydrogens is 328 g/mol. The van der Waals surface area contributed by atoms with E-state index in [2.05, 4.69) is 4.72 Å². The van der Waals surface area contributed by atoms with Crippen LogP contribution in [0.2, 0.25) is 0 Å². The molecule has 130 valence electrons. The first-order chi connectivity index (χ1) is 11.3. The molecule has 0 bridgehead atoms. The Morgan fingerprint density at radius 1 is 1.17 bits per heavy atom. The van der Waals surface area contributed by atoms with Crippen LogP contribution < -0.4 is 9.62 Å². The molecule has 24 heavy (non-hydrogen) atoms. The lowest BCUT2D eigenvalue weighted by molar-refractivity contribution is -0.137. The molecule has 0 spiro atoms. The molecule has 1 unspecified atom stereocenters. The van der Waals surface area contributed by atoms with E-state index in [9.17, 15) is 13.2 Å². The molecule has 6 nitrogen and oxygen atoms in total. The number of nitrogens with one attached hydrogen (secondary N) is 1. The normalized spacial score (nSPS) is 13.0. The van der Waals surface area contributed by atoms with Crippen LogP contribution in [0.15, 0.2) is 41.3 Å². The molecule has 2 aromatic carbocycles. The largest absolute Gasteiger partial charge is 0.481 e. The first kappa shape index (κ1) is 18.2. The molecule has 0 aliphatic heterocycles. The second kappa shape index (κ2) is 7.19. The van der Waals surface area contributed by atoms with Gasteiger partial charge in [-0.3, -0.25) is 4.79 Å². The van der Waals surface area contributed by atoms with Crippen molar-refractivity contribution in [2.75, 3.05) is 19.0 Å². The van der Waals surface area contributed by atoms with E-state index in [1.54, 1.807) is 19.1 Å². The van der Waals surface area contributed by atoms with E-state index in [0.29, 0.717) is 11.8 Å². The molecule has 0 saturated heterocycles. The predicted molar refractivity (Wildman–Crippen MR) is 94.9 cm³/mol. The Bertz CT molecular complexity index is 847. The number of carbonyl (C=O) groups is 1. The monoisotopic (exact) mass is 350 g/mol. The van der Waals surface area contributed by atoms with Gasteiger partial charge in [0, 0.05) is 36.6 Å². The molecule has 1 atom stereocenters. The van der Waals surface area contributed by atoms with Crippen LogP contribution in [0.4, 0.5) is 5.69 Å². The number of benzene rings is 2. The minimum absolute atomic E-state index is 0.160. The van der Waals surface area contributed by atoms with Crippen LogP contribution in [0.3, 0.4) is 0 Å². The minimum Gasteiger partial charge on any atom is -0.481 e. The summed E-state index contributed by atoms with van der Waals surface area (Å²) in [4.78, 5) is 13.0. The van der Waals surface area contributed by atoms with Gasteiger partial charge in [-0.25, -0.2) is 13.1 Å². The number of anilines is 1. The fraction of sp³-hybridized carbons (Fsp3) is 0.353. The molecule has 0 saturated carbocycles. The third-order valence-electron chi connectivity index (χ3n) is 3.87. The minimum atomic E-state index is -3.82. The van der Waals surface area contributed by atoms with Crippen molar-refractivity contribution in [2.45, 2.75) is 30.7 Å². The van der Waals surface area contributed by atoms with Gasteiger partial charge < -0.3 is 10.0 Å². The third kappa shape index (κ3) is 3.85. The van der Waals surface area contributed by atoms with Crippen molar-refractivity contribution in [3.8, 4) is 0 Å².